The van der Waals surface area contributed by atoms with Gasteiger partial charge in [-0.3, -0.25) is 9.69 Å². The summed E-state index contributed by atoms with van der Waals surface area (Å²) in [5, 5.41) is 4.04. The van der Waals surface area contributed by atoms with Crippen molar-refractivity contribution in [2.75, 3.05) is 26.2 Å². The summed E-state index contributed by atoms with van der Waals surface area (Å²) < 4.78 is 5.27. The first-order valence-electron chi connectivity index (χ1n) is 10.2. The SMILES string of the molecule is Cc1noc(C)c1CN1CCN(C(=O)C2CC3CCCC(C2)C3N)CC1. The second-order valence-corrected chi connectivity index (χ2v) is 8.60. The lowest BCUT2D eigenvalue weighted by atomic mass is 9.65. The number of hydrogen-bond acceptors (Lipinski definition) is 5. The van der Waals surface area contributed by atoms with Crippen molar-refractivity contribution in [3.05, 3.63) is 17.0 Å². The Hall–Kier alpha value is -1.40. The summed E-state index contributed by atoms with van der Waals surface area (Å²) in [5.74, 6) is 2.63. The zero-order valence-corrected chi connectivity index (χ0v) is 16.1. The number of amides is 1. The lowest BCUT2D eigenvalue weighted by Gasteiger charge is -2.45. The van der Waals surface area contributed by atoms with E-state index in [2.05, 4.69) is 15.0 Å². The number of fused-ring (bicyclic) bond motifs is 2. The van der Waals surface area contributed by atoms with Crippen LogP contribution in [0.1, 0.15) is 49.1 Å². The lowest BCUT2D eigenvalue weighted by Crippen LogP contribution is -2.53. The molecule has 3 aliphatic rings. The molecule has 2 N–H and O–H groups in total. The molecule has 2 heterocycles. The van der Waals surface area contributed by atoms with Crippen LogP contribution in [0.25, 0.3) is 0 Å². The Morgan fingerprint density at radius 3 is 2.38 bits per heavy atom. The number of rotatable bonds is 3. The van der Waals surface area contributed by atoms with Crippen molar-refractivity contribution in [2.24, 2.45) is 23.5 Å². The van der Waals surface area contributed by atoms with Crippen LogP contribution in [0.2, 0.25) is 0 Å². The molecule has 0 aromatic carbocycles. The van der Waals surface area contributed by atoms with E-state index in [4.69, 9.17) is 10.3 Å². The minimum absolute atomic E-state index is 0.208. The third-order valence-electron chi connectivity index (χ3n) is 7.01. The Bertz CT molecular complexity index is 617. The summed E-state index contributed by atoms with van der Waals surface area (Å²) in [6, 6.07) is 0.333. The fourth-order valence-corrected chi connectivity index (χ4v) is 5.33. The Morgan fingerprint density at radius 1 is 1.15 bits per heavy atom. The smallest absolute Gasteiger partial charge is 0.225 e. The Labute approximate surface area is 156 Å². The summed E-state index contributed by atoms with van der Waals surface area (Å²) in [5.41, 5.74) is 8.56. The lowest BCUT2D eigenvalue weighted by molar-refractivity contribution is -0.140. The van der Waals surface area contributed by atoms with Crippen molar-refractivity contribution < 1.29 is 9.32 Å². The second-order valence-electron chi connectivity index (χ2n) is 8.60. The molecule has 0 spiro atoms. The van der Waals surface area contributed by atoms with E-state index in [0.717, 1.165) is 57.0 Å². The maximum atomic E-state index is 13.1. The second kappa shape index (κ2) is 7.31. The van der Waals surface area contributed by atoms with E-state index in [0.29, 0.717) is 23.8 Å². The van der Waals surface area contributed by atoms with Crippen LogP contribution in [0.15, 0.2) is 4.52 Å². The van der Waals surface area contributed by atoms with E-state index < -0.39 is 0 Å². The monoisotopic (exact) mass is 360 g/mol. The molecule has 1 saturated heterocycles. The quantitative estimate of drug-likeness (QED) is 0.893. The summed E-state index contributed by atoms with van der Waals surface area (Å²) in [4.78, 5) is 17.6. The van der Waals surface area contributed by atoms with E-state index in [-0.39, 0.29) is 5.92 Å². The van der Waals surface area contributed by atoms with E-state index in [1.54, 1.807) is 0 Å². The fourth-order valence-electron chi connectivity index (χ4n) is 5.33. The zero-order valence-electron chi connectivity index (χ0n) is 16.1. The van der Waals surface area contributed by atoms with Crippen LogP contribution in [0.4, 0.5) is 0 Å². The van der Waals surface area contributed by atoms with Crippen molar-refractivity contribution in [3.63, 3.8) is 0 Å². The maximum Gasteiger partial charge on any atom is 0.225 e. The number of aryl methyl sites for hydroxylation is 2. The number of nitrogens with zero attached hydrogens (tertiary/aromatic N) is 3. The first-order chi connectivity index (χ1) is 12.5. The molecular weight excluding hydrogens is 328 g/mol. The van der Waals surface area contributed by atoms with Gasteiger partial charge >= 0.3 is 0 Å². The van der Waals surface area contributed by atoms with Gasteiger partial charge in [0.15, 0.2) is 0 Å². The highest BCUT2D eigenvalue weighted by Crippen LogP contribution is 2.42. The number of hydrogen-bond donors (Lipinski definition) is 1. The van der Waals surface area contributed by atoms with E-state index >= 15 is 0 Å². The van der Waals surface area contributed by atoms with Crippen LogP contribution in [0, 0.1) is 31.6 Å². The van der Waals surface area contributed by atoms with Gasteiger partial charge < -0.3 is 15.2 Å². The van der Waals surface area contributed by atoms with Gasteiger partial charge in [-0.2, -0.15) is 0 Å². The topological polar surface area (TPSA) is 75.6 Å². The molecule has 3 fully saturated rings. The molecule has 4 rings (SSSR count). The highest BCUT2D eigenvalue weighted by atomic mass is 16.5. The molecule has 0 radical (unpaired) electrons. The van der Waals surface area contributed by atoms with E-state index in [1.165, 1.54) is 24.8 Å². The molecule has 2 bridgehead atoms. The zero-order chi connectivity index (χ0) is 18.3. The van der Waals surface area contributed by atoms with Crippen LogP contribution in [-0.4, -0.2) is 53.1 Å². The minimum atomic E-state index is 0.208. The van der Waals surface area contributed by atoms with Crippen molar-refractivity contribution >= 4 is 5.91 Å². The Kier molecular flexibility index (Phi) is 5.06. The van der Waals surface area contributed by atoms with Crippen molar-refractivity contribution in [1.82, 2.24) is 15.0 Å². The molecule has 1 aliphatic heterocycles. The van der Waals surface area contributed by atoms with Crippen LogP contribution < -0.4 is 5.73 Å². The summed E-state index contributed by atoms with van der Waals surface area (Å²) in [7, 11) is 0. The van der Waals surface area contributed by atoms with Crippen LogP contribution in [0.5, 0.6) is 0 Å². The van der Waals surface area contributed by atoms with Gasteiger partial charge in [-0.15, -0.1) is 0 Å². The average Bonchev–Trinajstić information content (AvgIpc) is 2.93. The molecule has 2 unspecified atom stereocenters. The van der Waals surface area contributed by atoms with E-state index in [1.807, 2.05) is 13.8 Å². The minimum Gasteiger partial charge on any atom is -0.361 e. The average molecular weight is 361 g/mol. The van der Waals surface area contributed by atoms with Crippen LogP contribution in [0.3, 0.4) is 0 Å². The predicted octanol–water partition coefficient (Wildman–Crippen LogP) is 2.09. The molecule has 6 nitrogen and oxygen atoms in total. The van der Waals surface area contributed by atoms with Gasteiger partial charge in [0.1, 0.15) is 5.76 Å². The van der Waals surface area contributed by atoms with Crippen LogP contribution >= 0.6 is 0 Å². The Morgan fingerprint density at radius 2 is 1.81 bits per heavy atom. The number of nitrogens with two attached hydrogens (primary N) is 1. The normalized spacial score (nSPS) is 32.7. The largest absolute Gasteiger partial charge is 0.361 e. The molecule has 1 aromatic rings. The van der Waals surface area contributed by atoms with Gasteiger partial charge in [-0.05, 0) is 51.4 Å². The van der Waals surface area contributed by atoms with Gasteiger partial charge in [0.2, 0.25) is 5.91 Å². The number of aromatic nitrogens is 1. The first-order valence-corrected chi connectivity index (χ1v) is 10.2. The Balaban J connectivity index is 1.31. The van der Waals surface area contributed by atoms with Crippen molar-refractivity contribution in [2.45, 2.75) is 58.5 Å². The van der Waals surface area contributed by atoms with Crippen molar-refractivity contribution in [1.29, 1.82) is 0 Å². The summed E-state index contributed by atoms with van der Waals surface area (Å²) in [6.45, 7) is 8.35. The molecule has 6 heteroatoms. The molecule has 2 atom stereocenters. The standard InChI is InChI=1S/C20H32N4O2/c1-13-18(14(2)26-22-13)12-23-6-8-24(9-7-23)20(25)17-10-15-4-3-5-16(11-17)19(15)21/h15-17,19H,3-12,21H2,1-2H3. The molecule has 1 aromatic heterocycles. The van der Waals surface area contributed by atoms with Gasteiger partial charge in [0.05, 0.1) is 5.69 Å². The van der Waals surface area contributed by atoms with E-state index in [9.17, 15) is 4.79 Å². The predicted molar refractivity (Wildman–Crippen MR) is 99.4 cm³/mol. The van der Waals surface area contributed by atoms with Gasteiger partial charge in [-0.1, -0.05) is 11.6 Å². The maximum absolute atomic E-state index is 13.1. The molecule has 2 aliphatic carbocycles. The molecule has 144 valence electrons. The highest BCUT2D eigenvalue weighted by molar-refractivity contribution is 5.79. The third kappa shape index (κ3) is 3.41. The van der Waals surface area contributed by atoms with Gasteiger partial charge in [0, 0.05) is 50.2 Å². The van der Waals surface area contributed by atoms with Gasteiger partial charge in [-0.25, -0.2) is 0 Å². The highest BCUT2D eigenvalue weighted by Gasteiger charge is 2.41. The third-order valence-corrected chi connectivity index (χ3v) is 7.01. The molecule has 2 saturated carbocycles. The molecule has 26 heavy (non-hydrogen) atoms. The van der Waals surface area contributed by atoms with Crippen LogP contribution in [-0.2, 0) is 11.3 Å². The summed E-state index contributed by atoms with van der Waals surface area (Å²) in [6.07, 6.45) is 5.75. The molecular formula is C20H32N4O2. The fraction of sp³-hybridized carbons (Fsp3) is 0.800. The summed E-state index contributed by atoms with van der Waals surface area (Å²) >= 11 is 0. The molecule has 1 amide bonds. The number of piperazine rings is 1. The number of carbonyl (C=O) groups excluding carboxylic acids is 1. The number of carbonyl (C=O) groups is 1. The van der Waals surface area contributed by atoms with Gasteiger partial charge in [0.25, 0.3) is 0 Å². The van der Waals surface area contributed by atoms with Crippen molar-refractivity contribution in [3.8, 4) is 0 Å². The first kappa shape index (κ1) is 18.0.